The number of hydrogen-bond donors (Lipinski definition) is 1. The van der Waals surface area contributed by atoms with E-state index in [0.717, 1.165) is 4.88 Å². The van der Waals surface area contributed by atoms with Crippen molar-refractivity contribution in [2.75, 3.05) is 0 Å². The molecule has 0 aliphatic heterocycles. The maximum Gasteiger partial charge on any atom is 0.108 e. The van der Waals surface area contributed by atoms with Crippen LogP contribution < -0.4 is 5.11 Å². The Kier molecular flexibility index (Phi) is 2.09. The Morgan fingerprint density at radius 3 is 2.86 bits per heavy atom. The summed E-state index contributed by atoms with van der Waals surface area (Å²) in [7, 11) is 0. The summed E-state index contributed by atoms with van der Waals surface area (Å²) in [4.78, 5) is 12.6. The van der Waals surface area contributed by atoms with Crippen molar-refractivity contribution < 1.29 is 9.90 Å². The fourth-order valence-electron chi connectivity index (χ4n) is 1.13. The number of aromatic carboxylic acids is 1. The molecule has 5 heteroatoms. The number of aryl methyl sites for hydroxylation is 1. The van der Waals surface area contributed by atoms with Crippen molar-refractivity contribution in [3.8, 4) is 10.6 Å². The molecule has 0 fully saturated rings. The van der Waals surface area contributed by atoms with Gasteiger partial charge in [0.15, 0.2) is 0 Å². The van der Waals surface area contributed by atoms with Gasteiger partial charge in [0.05, 0.1) is 16.5 Å². The first-order valence-corrected chi connectivity index (χ1v) is 4.82. The summed E-state index contributed by atoms with van der Waals surface area (Å²) < 4.78 is 0. The van der Waals surface area contributed by atoms with Crippen LogP contribution in [-0.2, 0) is 0 Å². The van der Waals surface area contributed by atoms with Crippen LogP contribution in [0.4, 0.5) is 0 Å². The van der Waals surface area contributed by atoms with Crippen molar-refractivity contribution >= 4 is 17.3 Å². The van der Waals surface area contributed by atoms with Gasteiger partial charge in [-0.3, -0.25) is 5.10 Å². The number of carboxylic acid groups (broad SMARTS) is 1. The molecule has 14 heavy (non-hydrogen) atoms. The first-order chi connectivity index (χ1) is 6.66. The molecule has 2 rings (SSSR count). The van der Waals surface area contributed by atoms with Crippen molar-refractivity contribution in [2.45, 2.75) is 6.92 Å². The van der Waals surface area contributed by atoms with E-state index < -0.39 is 5.97 Å². The molecule has 0 radical (unpaired) electrons. The van der Waals surface area contributed by atoms with E-state index in [1.165, 1.54) is 10.9 Å². The molecule has 0 atom stereocenters. The molecule has 0 saturated carbocycles. The van der Waals surface area contributed by atoms with E-state index in [0.29, 0.717) is 5.69 Å². The Morgan fingerprint density at radius 2 is 2.36 bits per heavy atom. The molecule has 2 heterocycles. The Balaban J connectivity index is 2.38. The molecule has 0 bridgehead atoms. The minimum atomic E-state index is -1.26. The maximum atomic E-state index is 10.5. The zero-order valence-electron chi connectivity index (χ0n) is 7.40. The zero-order chi connectivity index (χ0) is 10.1. The summed E-state index contributed by atoms with van der Waals surface area (Å²) in [6.45, 7) is 1.99. The Hall–Kier alpha value is -1.62. The van der Waals surface area contributed by atoms with E-state index in [2.05, 4.69) is 10.2 Å². The summed E-state index contributed by atoms with van der Waals surface area (Å²) in [5.41, 5.74) is 0.647. The first-order valence-electron chi connectivity index (χ1n) is 4.00. The second-order valence-electron chi connectivity index (χ2n) is 2.86. The van der Waals surface area contributed by atoms with Gasteiger partial charge in [-0.1, -0.05) is 0 Å². The lowest BCUT2D eigenvalue weighted by atomic mass is 10.3. The smallest absolute Gasteiger partial charge is 0.108 e. The van der Waals surface area contributed by atoms with E-state index in [1.54, 1.807) is 11.3 Å². The fourth-order valence-corrected chi connectivity index (χ4v) is 1.97. The van der Waals surface area contributed by atoms with E-state index in [4.69, 9.17) is 0 Å². The van der Waals surface area contributed by atoms with Crippen LogP contribution in [0.2, 0.25) is 0 Å². The molecule has 0 saturated heterocycles. The quantitative estimate of drug-likeness (QED) is 0.792. The second kappa shape index (κ2) is 3.26. The van der Waals surface area contributed by atoms with Crippen LogP contribution in [0.3, 0.4) is 0 Å². The highest BCUT2D eigenvalue weighted by Crippen LogP contribution is 2.26. The molecular formula is C9H7N2O2S-. The van der Waals surface area contributed by atoms with Gasteiger partial charge in [-0.2, -0.15) is 5.10 Å². The van der Waals surface area contributed by atoms with Crippen LogP contribution in [-0.4, -0.2) is 16.2 Å². The maximum absolute atomic E-state index is 10.5. The third-order valence-electron chi connectivity index (χ3n) is 1.79. The second-order valence-corrected chi connectivity index (χ2v) is 4.15. The number of thiophene rings is 1. The van der Waals surface area contributed by atoms with Gasteiger partial charge in [0, 0.05) is 4.88 Å². The van der Waals surface area contributed by atoms with Crippen LogP contribution in [0.25, 0.3) is 10.6 Å². The summed E-state index contributed by atoms with van der Waals surface area (Å²) in [6, 6.07) is 5.37. The minimum Gasteiger partial charge on any atom is -0.543 e. The summed E-state index contributed by atoms with van der Waals surface area (Å²) in [5.74, 6) is -1.26. The van der Waals surface area contributed by atoms with Crippen molar-refractivity contribution in [2.24, 2.45) is 0 Å². The monoisotopic (exact) mass is 207 g/mol. The van der Waals surface area contributed by atoms with Gasteiger partial charge in [0.2, 0.25) is 0 Å². The van der Waals surface area contributed by atoms with E-state index in [9.17, 15) is 9.90 Å². The van der Waals surface area contributed by atoms with Gasteiger partial charge in [-0.15, -0.1) is 11.3 Å². The van der Waals surface area contributed by atoms with Crippen molar-refractivity contribution in [3.05, 3.63) is 28.8 Å². The number of carbonyl (C=O) groups excluding carboxylic acids is 1. The molecule has 0 aromatic carbocycles. The van der Waals surface area contributed by atoms with E-state index in [1.807, 2.05) is 19.1 Å². The van der Waals surface area contributed by atoms with Crippen LogP contribution in [0.15, 0.2) is 18.2 Å². The molecule has 0 amide bonds. The lowest BCUT2D eigenvalue weighted by Crippen LogP contribution is -2.22. The number of hydrogen-bond acceptors (Lipinski definition) is 4. The average Bonchev–Trinajstić information content (AvgIpc) is 2.70. The predicted octanol–water partition coefficient (Wildman–Crippen LogP) is 0.810. The molecule has 72 valence electrons. The third kappa shape index (κ3) is 1.54. The number of nitrogens with zero attached hydrogens (tertiary/aromatic N) is 1. The molecule has 0 unspecified atom stereocenters. The van der Waals surface area contributed by atoms with E-state index >= 15 is 0 Å². The number of rotatable bonds is 2. The summed E-state index contributed by atoms with van der Waals surface area (Å²) in [5, 5.41) is 16.7. The van der Waals surface area contributed by atoms with Crippen molar-refractivity contribution in [1.29, 1.82) is 0 Å². The number of aromatic nitrogens is 2. The summed E-state index contributed by atoms with van der Waals surface area (Å²) >= 11 is 1.58. The standard InChI is InChI=1S/C9H8N2O2S/c1-5-2-3-8(14-5)6-4-7(9(12)13)11-10-6/h2-4H,1H3,(H,10,11)(H,12,13)/p-1. The number of aromatic amines is 1. The zero-order valence-corrected chi connectivity index (χ0v) is 8.22. The van der Waals surface area contributed by atoms with Crippen LogP contribution in [0.1, 0.15) is 15.4 Å². The van der Waals surface area contributed by atoms with Gasteiger partial charge in [-0.05, 0) is 25.1 Å². The van der Waals surface area contributed by atoms with Crippen LogP contribution in [0, 0.1) is 6.92 Å². The number of carboxylic acids is 1. The number of H-pyrrole nitrogens is 1. The Bertz CT molecular complexity index is 473. The van der Waals surface area contributed by atoms with Gasteiger partial charge < -0.3 is 9.90 Å². The highest BCUT2D eigenvalue weighted by Gasteiger charge is 2.05. The lowest BCUT2D eigenvalue weighted by Gasteiger charge is -1.91. The first kappa shape index (κ1) is 8.96. The summed E-state index contributed by atoms with van der Waals surface area (Å²) in [6.07, 6.45) is 0. The topological polar surface area (TPSA) is 68.8 Å². The molecule has 0 aliphatic carbocycles. The highest BCUT2D eigenvalue weighted by atomic mass is 32.1. The lowest BCUT2D eigenvalue weighted by molar-refractivity contribution is -0.255. The largest absolute Gasteiger partial charge is 0.543 e. The fraction of sp³-hybridized carbons (Fsp3) is 0.111. The number of carbonyl (C=O) groups is 1. The number of nitrogens with one attached hydrogen (secondary N) is 1. The molecule has 1 N–H and O–H groups in total. The predicted molar refractivity (Wildman–Crippen MR) is 51.0 cm³/mol. The van der Waals surface area contributed by atoms with Crippen molar-refractivity contribution in [1.82, 2.24) is 10.2 Å². The minimum absolute atomic E-state index is 0.0638. The van der Waals surface area contributed by atoms with Crippen molar-refractivity contribution in [3.63, 3.8) is 0 Å². The van der Waals surface area contributed by atoms with Crippen LogP contribution in [0.5, 0.6) is 0 Å². The molecule has 2 aromatic rings. The van der Waals surface area contributed by atoms with Crippen LogP contribution >= 0.6 is 11.3 Å². The molecule has 2 aromatic heterocycles. The molecular weight excluding hydrogens is 200 g/mol. The highest BCUT2D eigenvalue weighted by molar-refractivity contribution is 7.15. The SMILES string of the molecule is Cc1ccc(-c2cc(C(=O)[O-])n[nH]2)s1. The van der Waals surface area contributed by atoms with E-state index in [-0.39, 0.29) is 5.69 Å². The van der Waals surface area contributed by atoms with Gasteiger partial charge in [0.1, 0.15) is 5.69 Å². The molecule has 4 nitrogen and oxygen atoms in total. The molecule has 0 spiro atoms. The normalized spacial score (nSPS) is 10.4. The van der Waals surface area contributed by atoms with Gasteiger partial charge in [-0.25, -0.2) is 0 Å². The van der Waals surface area contributed by atoms with Gasteiger partial charge in [0.25, 0.3) is 0 Å². The van der Waals surface area contributed by atoms with Gasteiger partial charge >= 0.3 is 0 Å². The molecule has 0 aliphatic rings. The Labute approximate surface area is 84.2 Å². The average molecular weight is 207 g/mol. The Morgan fingerprint density at radius 1 is 1.57 bits per heavy atom. The third-order valence-corrected chi connectivity index (χ3v) is 2.83.